The average molecular weight is 360 g/mol. The van der Waals surface area contributed by atoms with E-state index < -0.39 is 23.4 Å². The molecular formula is C17H23F3N2O3. The normalized spacial score (nSPS) is 11.8. The minimum atomic E-state index is -4.47. The van der Waals surface area contributed by atoms with E-state index in [0.717, 1.165) is 6.07 Å². The van der Waals surface area contributed by atoms with Crippen LogP contribution in [0.4, 0.5) is 18.0 Å². The number of alkyl carbamates (subject to hydrolysis) is 1. The number of hydrogen-bond donors (Lipinski definition) is 1. The Morgan fingerprint density at radius 2 is 1.76 bits per heavy atom. The fraction of sp³-hybridized carbons (Fsp3) is 0.529. The molecule has 0 aliphatic carbocycles. The lowest BCUT2D eigenvalue weighted by atomic mass is 10.1. The lowest BCUT2D eigenvalue weighted by Crippen LogP contribution is -2.35. The van der Waals surface area contributed by atoms with E-state index in [1.807, 2.05) is 0 Å². The van der Waals surface area contributed by atoms with E-state index in [-0.39, 0.29) is 31.0 Å². The van der Waals surface area contributed by atoms with Crippen molar-refractivity contribution in [1.29, 1.82) is 0 Å². The number of benzene rings is 1. The van der Waals surface area contributed by atoms with E-state index in [4.69, 9.17) is 4.74 Å². The van der Waals surface area contributed by atoms with Crippen LogP contribution in [0.5, 0.6) is 0 Å². The van der Waals surface area contributed by atoms with Crippen molar-refractivity contribution in [3.8, 4) is 0 Å². The molecule has 0 bridgehead atoms. The maximum absolute atomic E-state index is 13.0. The van der Waals surface area contributed by atoms with Crippen molar-refractivity contribution in [3.05, 3.63) is 35.4 Å². The zero-order valence-electron chi connectivity index (χ0n) is 14.7. The highest BCUT2D eigenvalue weighted by atomic mass is 19.4. The number of ether oxygens (including phenoxy) is 1. The van der Waals surface area contributed by atoms with Crippen molar-refractivity contribution in [3.63, 3.8) is 0 Å². The van der Waals surface area contributed by atoms with E-state index in [9.17, 15) is 22.8 Å². The zero-order chi connectivity index (χ0) is 19.3. The molecule has 0 aliphatic rings. The molecule has 2 amide bonds. The third-order valence-electron chi connectivity index (χ3n) is 3.16. The predicted octanol–water partition coefficient (Wildman–Crippen LogP) is 3.58. The summed E-state index contributed by atoms with van der Waals surface area (Å²) in [6.45, 7) is 5.01. The second-order valence-corrected chi connectivity index (χ2v) is 6.58. The van der Waals surface area contributed by atoms with Gasteiger partial charge in [0, 0.05) is 26.6 Å². The first-order valence-electron chi connectivity index (χ1n) is 7.76. The van der Waals surface area contributed by atoms with Crippen LogP contribution < -0.4 is 5.32 Å². The highest BCUT2D eigenvalue weighted by Gasteiger charge is 2.33. The molecule has 0 unspecified atom stereocenters. The Morgan fingerprint density at radius 1 is 1.16 bits per heavy atom. The van der Waals surface area contributed by atoms with Gasteiger partial charge in [-0.25, -0.2) is 4.79 Å². The minimum Gasteiger partial charge on any atom is -0.444 e. The van der Waals surface area contributed by atoms with Crippen LogP contribution in [-0.2, 0) is 22.3 Å². The Labute approximate surface area is 145 Å². The van der Waals surface area contributed by atoms with E-state index >= 15 is 0 Å². The van der Waals surface area contributed by atoms with Crippen LogP contribution in [0.15, 0.2) is 24.3 Å². The largest absolute Gasteiger partial charge is 0.444 e. The summed E-state index contributed by atoms with van der Waals surface area (Å²) >= 11 is 0. The average Bonchev–Trinajstić information content (AvgIpc) is 2.44. The summed E-state index contributed by atoms with van der Waals surface area (Å²) in [4.78, 5) is 24.7. The van der Waals surface area contributed by atoms with Crippen LogP contribution in [-0.4, -0.2) is 36.1 Å². The number of rotatable bonds is 5. The van der Waals surface area contributed by atoms with Gasteiger partial charge in [-0.1, -0.05) is 18.2 Å². The van der Waals surface area contributed by atoms with Crippen LogP contribution in [0, 0.1) is 0 Å². The van der Waals surface area contributed by atoms with Gasteiger partial charge in [0.25, 0.3) is 0 Å². The van der Waals surface area contributed by atoms with E-state index in [2.05, 4.69) is 5.32 Å². The molecule has 0 heterocycles. The van der Waals surface area contributed by atoms with Crippen LogP contribution >= 0.6 is 0 Å². The summed E-state index contributed by atoms with van der Waals surface area (Å²) in [5, 5.41) is 2.44. The van der Waals surface area contributed by atoms with Crippen molar-refractivity contribution in [2.45, 2.75) is 45.5 Å². The highest BCUT2D eigenvalue weighted by molar-refractivity contribution is 5.77. The van der Waals surface area contributed by atoms with Gasteiger partial charge in [-0.3, -0.25) is 4.79 Å². The number of carbonyl (C=O) groups excluding carboxylic acids is 2. The molecule has 140 valence electrons. The maximum atomic E-state index is 13.0. The Morgan fingerprint density at radius 3 is 2.32 bits per heavy atom. The summed E-state index contributed by atoms with van der Waals surface area (Å²) in [6.07, 6.45) is -5.16. The molecule has 0 saturated heterocycles. The molecule has 0 spiro atoms. The monoisotopic (exact) mass is 360 g/mol. The van der Waals surface area contributed by atoms with Crippen molar-refractivity contribution in [2.75, 3.05) is 13.6 Å². The van der Waals surface area contributed by atoms with Crippen molar-refractivity contribution in [2.24, 2.45) is 0 Å². The fourth-order valence-corrected chi connectivity index (χ4v) is 2.05. The van der Waals surface area contributed by atoms with Gasteiger partial charge in [0.15, 0.2) is 0 Å². The highest BCUT2D eigenvalue weighted by Crippen LogP contribution is 2.32. The number of hydrogen-bond acceptors (Lipinski definition) is 3. The number of alkyl halides is 3. The van der Waals surface area contributed by atoms with Gasteiger partial charge in [-0.15, -0.1) is 0 Å². The molecule has 1 N–H and O–H groups in total. The first kappa shape index (κ1) is 20.8. The Kier molecular flexibility index (Phi) is 6.84. The second-order valence-electron chi connectivity index (χ2n) is 6.58. The van der Waals surface area contributed by atoms with Crippen LogP contribution in [0.2, 0.25) is 0 Å². The molecule has 0 aromatic heterocycles. The molecular weight excluding hydrogens is 337 g/mol. The molecule has 1 rings (SSSR count). The summed E-state index contributed by atoms with van der Waals surface area (Å²) in [5.74, 6) is -0.381. The van der Waals surface area contributed by atoms with E-state index in [1.165, 1.54) is 30.1 Å². The third kappa shape index (κ3) is 7.45. The molecule has 0 fully saturated rings. The number of halogens is 3. The van der Waals surface area contributed by atoms with Crippen molar-refractivity contribution < 1.29 is 27.5 Å². The van der Waals surface area contributed by atoms with Gasteiger partial charge in [0.1, 0.15) is 5.60 Å². The van der Waals surface area contributed by atoms with Gasteiger partial charge >= 0.3 is 12.3 Å². The van der Waals surface area contributed by atoms with E-state index in [0.29, 0.717) is 0 Å². The maximum Gasteiger partial charge on any atom is 0.416 e. The number of carbonyl (C=O) groups is 2. The Balaban J connectivity index is 2.55. The van der Waals surface area contributed by atoms with Crippen molar-refractivity contribution >= 4 is 12.0 Å². The third-order valence-corrected chi connectivity index (χ3v) is 3.16. The minimum absolute atomic E-state index is 0.0194. The van der Waals surface area contributed by atoms with Gasteiger partial charge in [0.2, 0.25) is 5.91 Å². The van der Waals surface area contributed by atoms with Gasteiger partial charge < -0.3 is 15.0 Å². The zero-order valence-corrected chi connectivity index (χ0v) is 14.7. The molecule has 25 heavy (non-hydrogen) atoms. The topological polar surface area (TPSA) is 58.6 Å². The second kappa shape index (κ2) is 8.22. The molecule has 0 radical (unpaired) electrons. The molecule has 8 heteroatoms. The van der Waals surface area contributed by atoms with Crippen molar-refractivity contribution in [1.82, 2.24) is 10.2 Å². The smallest absolute Gasteiger partial charge is 0.416 e. The molecule has 5 nitrogen and oxygen atoms in total. The van der Waals surface area contributed by atoms with Crippen LogP contribution in [0.3, 0.4) is 0 Å². The van der Waals surface area contributed by atoms with Gasteiger partial charge in [0.05, 0.1) is 5.56 Å². The molecule has 0 aliphatic heterocycles. The van der Waals surface area contributed by atoms with Crippen LogP contribution in [0.25, 0.3) is 0 Å². The molecule has 1 aromatic rings. The summed E-state index contributed by atoms with van der Waals surface area (Å²) < 4.78 is 43.9. The quantitative estimate of drug-likeness (QED) is 0.873. The Hall–Kier alpha value is -2.25. The summed E-state index contributed by atoms with van der Waals surface area (Å²) in [7, 11) is 1.42. The summed E-state index contributed by atoms with van der Waals surface area (Å²) in [5.41, 5.74) is -1.39. The molecule has 0 saturated carbocycles. The molecule has 1 aromatic carbocycles. The van der Waals surface area contributed by atoms with Crippen LogP contribution in [0.1, 0.15) is 38.3 Å². The van der Waals surface area contributed by atoms with Gasteiger partial charge in [-0.05, 0) is 32.4 Å². The Bertz CT molecular complexity index is 610. The SMILES string of the molecule is CN(Cc1ccccc1C(F)(F)F)C(=O)CCNC(=O)OC(C)(C)C. The lowest BCUT2D eigenvalue weighted by molar-refractivity contribution is -0.139. The first-order valence-corrected chi connectivity index (χ1v) is 7.76. The number of nitrogens with zero attached hydrogens (tertiary/aromatic N) is 1. The fourth-order valence-electron chi connectivity index (χ4n) is 2.05. The first-order chi connectivity index (χ1) is 11.4. The number of nitrogens with one attached hydrogen (secondary N) is 1. The van der Waals surface area contributed by atoms with E-state index in [1.54, 1.807) is 20.8 Å². The predicted molar refractivity (Wildman–Crippen MR) is 86.8 cm³/mol. The standard InChI is InChI=1S/C17H23F3N2O3/c1-16(2,3)25-15(24)21-10-9-14(23)22(4)11-12-7-5-6-8-13(12)17(18,19)20/h5-8H,9-11H2,1-4H3,(H,21,24). The molecule has 0 atom stereocenters. The number of amides is 2. The van der Waals surface area contributed by atoms with Gasteiger partial charge in [-0.2, -0.15) is 13.2 Å². The lowest BCUT2D eigenvalue weighted by Gasteiger charge is -2.21. The summed E-state index contributed by atoms with van der Waals surface area (Å²) in [6, 6.07) is 5.12.